The van der Waals surface area contributed by atoms with Crippen LogP contribution in [0.1, 0.15) is 17.3 Å². The van der Waals surface area contributed by atoms with Crippen LogP contribution in [-0.4, -0.2) is 25.0 Å². The molecule has 1 amide bonds. The van der Waals surface area contributed by atoms with E-state index >= 15 is 0 Å². The van der Waals surface area contributed by atoms with E-state index in [1.807, 2.05) is 0 Å². The van der Waals surface area contributed by atoms with Crippen LogP contribution in [0.15, 0.2) is 42.5 Å². The van der Waals surface area contributed by atoms with Crippen molar-refractivity contribution in [2.45, 2.75) is 13.0 Å². The minimum atomic E-state index is -1.00. The van der Waals surface area contributed by atoms with Gasteiger partial charge in [0.2, 0.25) is 0 Å². The average molecular weight is 367 g/mol. The molecule has 0 aliphatic rings. The summed E-state index contributed by atoms with van der Waals surface area (Å²) in [5.74, 6) is -1.10. The van der Waals surface area contributed by atoms with Gasteiger partial charge in [-0.1, -0.05) is 35.3 Å². The van der Waals surface area contributed by atoms with Crippen molar-refractivity contribution in [1.82, 2.24) is 0 Å². The summed E-state index contributed by atoms with van der Waals surface area (Å²) in [6, 6.07) is 11.6. The first-order chi connectivity index (χ1) is 11.4. The Hall–Kier alpha value is -2.24. The molecule has 0 fully saturated rings. The highest BCUT2D eigenvalue weighted by atomic mass is 35.5. The summed E-state index contributed by atoms with van der Waals surface area (Å²) in [5.41, 5.74) is 1.32. The second kappa shape index (κ2) is 8.04. The Labute approximate surface area is 149 Å². The highest BCUT2D eigenvalue weighted by Gasteiger charge is 2.21. The maximum atomic E-state index is 12.2. The lowest BCUT2D eigenvalue weighted by Crippen LogP contribution is -2.30. The highest BCUT2D eigenvalue weighted by Crippen LogP contribution is 2.25. The van der Waals surface area contributed by atoms with Crippen LogP contribution in [0.5, 0.6) is 0 Å². The molecule has 0 heterocycles. The minimum Gasteiger partial charge on any atom is -0.449 e. The van der Waals surface area contributed by atoms with E-state index in [2.05, 4.69) is 10.6 Å². The molecule has 0 aliphatic heterocycles. The number of hydrogen-bond donors (Lipinski definition) is 2. The van der Waals surface area contributed by atoms with E-state index in [0.717, 1.165) is 0 Å². The van der Waals surface area contributed by atoms with Gasteiger partial charge >= 0.3 is 5.97 Å². The number of esters is 1. The second-order valence-corrected chi connectivity index (χ2v) is 5.80. The number of rotatable bonds is 5. The van der Waals surface area contributed by atoms with E-state index in [1.165, 1.54) is 13.0 Å². The molecule has 2 aromatic rings. The molecule has 24 heavy (non-hydrogen) atoms. The molecule has 0 spiro atoms. The average Bonchev–Trinajstić information content (AvgIpc) is 2.57. The lowest BCUT2D eigenvalue weighted by Gasteiger charge is -2.15. The third kappa shape index (κ3) is 4.40. The molecule has 0 aromatic heterocycles. The number of nitrogens with one attached hydrogen (secondary N) is 2. The molecule has 0 saturated heterocycles. The van der Waals surface area contributed by atoms with Crippen LogP contribution in [-0.2, 0) is 9.53 Å². The predicted octanol–water partition coefficient (Wildman–Crippen LogP) is 4.22. The normalized spacial score (nSPS) is 11.5. The number of para-hydroxylation sites is 1. The van der Waals surface area contributed by atoms with Crippen molar-refractivity contribution in [1.29, 1.82) is 0 Å². The molecule has 2 rings (SSSR count). The predicted molar refractivity (Wildman–Crippen MR) is 96.0 cm³/mol. The Morgan fingerprint density at radius 1 is 1.08 bits per heavy atom. The van der Waals surface area contributed by atoms with Crippen molar-refractivity contribution in [2.75, 3.05) is 17.7 Å². The van der Waals surface area contributed by atoms with Gasteiger partial charge in [0.1, 0.15) is 0 Å². The van der Waals surface area contributed by atoms with E-state index in [-0.39, 0.29) is 0 Å². The van der Waals surface area contributed by atoms with E-state index in [0.29, 0.717) is 27.0 Å². The molecule has 126 valence electrons. The number of carbonyl (C=O) groups excluding carboxylic acids is 2. The molecule has 2 aromatic carbocycles. The summed E-state index contributed by atoms with van der Waals surface area (Å²) < 4.78 is 5.22. The molecular formula is C17H16Cl2N2O3. The van der Waals surface area contributed by atoms with Crippen LogP contribution in [0, 0.1) is 0 Å². The van der Waals surface area contributed by atoms with E-state index in [4.69, 9.17) is 27.9 Å². The van der Waals surface area contributed by atoms with E-state index in [1.54, 1.807) is 43.4 Å². The number of ether oxygens (including phenoxy) is 1. The summed E-state index contributed by atoms with van der Waals surface area (Å²) in [4.78, 5) is 24.4. The molecule has 7 heteroatoms. The van der Waals surface area contributed by atoms with Crippen LogP contribution in [0.2, 0.25) is 10.0 Å². The summed E-state index contributed by atoms with van der Waals surface area (Å²) in [6.45, 7) is 1.48. The number of amides is 1. The summed E-state index contributed by atoms with van der Waals surface area (Å²) >= 11 is 11.9. The zero-order valence-electron chi connectivity index (χ0n) is 13.1. The van der Waals surface area contributed by atoms with Crippen LogP contribution in [0.25, 0.3) is 0 Å². The Bertz CT molecular complexity index is 765. The molecule has 0 saturated carbocycles. The molecule has 1 atom stereocenters. The van der Waals surface area contributed by atoms with Gasteiger partial charge in [-0.05, 0) is 37.3 Å². The maximum Gasteiger partial charge on any atom is 0.341 e. The lowest BCUT2D eigenvalue weighted by atomic mass is 10.2. The fourth-order valence-electron chi connectivity index (χ4n) is 1.98. The van der Waals surface area contributed by atoms with Gasteiger partial charge in [0, 0.05) is 17.8 Å². The lowest BCUT2D eigenvalue weighted by molar-refractivity contribution is -0.123. The van der Waals surface area contributed by atoms with Gasteiger partial charge < -0.3 is 15.4 Å². The van der Waals surface area contributed by atoms with Gasteiger partial charge in [0.15, 0.2) is 6.10 Å². The summed E-state index contributed by atoms with van der Waals surface area (Å²) in [5, 5.41) is 6.26. The van der Waals surface area contributed by atoms with Crippen LogP contribution in [0.4, 0.5) is 11.4 Å². The number of carbonyl (C=O) groups is 2. The number of hydrogen-bond acceptors (Lipinski definition) is 4. The third-order valence-electron chi connectivity index (χ3n) is 3.26. The highest BCUT2D eigenvalue weighted by molar-refractivity contribution is 6.35. The minimum absolute atomic E-state index is 0.340. The van der Waals surface area contributed by atoms with Gasteiger partial charge in [0.25, 0.3) is 5.91 Å². The molecule has 5 nitrogen and oxygen atoms in total. The van der Waals surface area contributed by atoms with Crippen LogP contribution in [0.3, 0.4) is 0 Å². The molecule has 0 radical (unpaired) electrons. The van der Waals surface area contributed by atoms with Gasteiger partial charge in [-0.3, -0.25) is 4.79 Å². The van der Waals surface area contributed by atoms with Crippen molar-refractivity contribution in [3.8, 4) is 0 Å². The monoisotopic (exact) mass is 366 g/mol. The van der Waals surface area contributed by atoms with Gasteiger partial charge in [-0.15, -0.1) is 0 Å². The largest absolute Gasteiger partial charge is 0.449 e. The zero-order valence-corrected chi connectivity index (χ0v) is 14.6. The quantitative estimate of drug-likeness (QED) is 0.777. The number of anilines is 2. The second-order valence-electron chi connectivity index (χ2n) is 4.96. The maximum absolute atomic E-state index is 12.2. The standard InChI is InChI=1S/C17H16Cl2N2O3/c1-10(16(22)21-15-9-11(18)7-8-13(15)19)24-17(23)12-5-3-4-6-14(12)20-2/h3-10,20H,1-2H3,(H,21,22)/t10-/m1/s1. The SMILES string of the molecule is CNc1ccccc1C(=O)O[C@H](C)C(=O)Nc1cc(Cl)ccc1Cl. The first kappa shape index (κ1) is 18.1. The fourth-order valence-corrected chi connectivity index (χ4v) is 2.32. The van der Waals surface area contributed by atoms with Crippen molar-refractivity contribution in [3.63, 3.8) is 0 Å². The zero-order chi connectivity index (χ0) is 17.7. The molecular weight excluding hydrogens is 351 g/mol. The molecule has 0 aliphatic carbocycles. The van der Waals surface area contributed by atoms with Crippen LogP contribution < -0.4 is 10.6 Å². The topological polar surface area (TPSA) is 67.4 Å². The number of halogens is 2. The first-order valence-electron chi connectivity index (χ1n) is 7.16. The van der Waals surface area contributed by atoms with Crippen molar-refractivity contribution in [3.05, 3.63) is 58.1 Å². The Morgan fingerprint density at radius 2 is 1.79 bits per heavy atom. The van der Waals surface area contributed by atoms with E-state index < -0.39 is 18.0 Å². The molecule has 2 N–H and O–H groups in total. The molecule has 0 bridgehead atoms. The summed E-state index contributed by atoms with van der Waals surface area (Å²) in [7, 11) is 1.70. The van der Waals surface area contributed by atoms with Gasteiger partial charge in [0.05, 0.1) is 16.3 Å². The Morgan fingerprint density at radius 3 is 2.50 bits per heavy atom. The van der Waals surface area contributed by atoms with Gasteiger partial charge in [-0.25, -0.2) is 4.79 Å². The summed E-state index contributed by atoms with van der Waals surface area (Å²) in [6.07, 6.45) is -1.00. The van der Waals surface area contributed by atoms with Gasteiger partial charge in [-0.2, -0.15) is 0 Å². The Kier molecular flexibility index (Phi) is 6.06. The molecule has 0 unspecified atom stereocenters. The smallest absolute Gasteiger partial charge is 0.341 e. The third-order valence-corrected chi connectivity index (χ3v) is 3.82. The number of benzene rings is 2. The van der Waals surface area contributed by atoms with Crippen molar-refractivity contribution >= 4 is 46.5 Å². The first-order valence-corrected chi connectivity index (χ1v) is 7.91. The Balaban J connectivity index is 2.06. The van der Waals surface area contributed by atoms with E-state index in [9.17, 15) is 9.59 Å². The fraction of sp³-hybridized carbons (Fsp3) is 0.176. The van der Waals surface area contributed by atoms with Crippen LogP contribution >= 0.6 is 23.2 Å². The van der Waals surface area contributed by atoms with Crippen molar-refractivity contribution < 1.29 is 14.3 Å². The van der Waals surface area contributed by atoms with Crippen molar-refractivity contribution in [2.24, 2.45) is 0 Å².